The predicted octanol–water partition coefficient (Wildman–Crippen LogP) is 4.94. The van der Waals surface area contributed by atoms with E-state index in [1.54, 1.807) is 23.5 Å². The average molecular weight is 298 g/mol. The minimum absolute atomic E-state index is 0.267. The topological polar surface area (TPSA) is 45.2 Å². The molecule has 2 aromatic carbocycles. The molecule has 4 heteroatoms. The first-order valence-corrected chi connectivity index (χ1v) is 7.87. The van der Waals surface area contributed by atoms with Crippen molar-refractivity contribution in [2.45, 2.75) is 20.3 Å². The quantitative estimate of drug-likeness (QED) is 0.670. The highest BCUT2D eigenvalue weighted by atomic mass is 32.1. The first-order chi connectivity index (χ1) is 10.1. The largest absolute Gasteiger partial charge is 0.508 e. The number of hydrogen-bond donors (Lipinski definition) is 2. The van der Waals surface area contributed by atoms with Gasteiger partial charge in [0.15, 0.2) is 5.13 Å². The Kier molecular flexibility index (Phi) is 3.80. The van der Waals surface area contributed by atoms with Gasteiger partial charge in [0, 0.05) is 5.69 Å². The molecule has 1 aromatic heterocycles. The van der Waals surface area contributed by atoms with E-state index in [2.05, 4.69) is 42.3 Å². The number of nitrogens with zero attached hydrogens (tertiary/aromatic N) is 1. The molecule has 0 amide bonds. The summed E-state index contributed by atoms with van der Waals surface area (Å²) in [5.41, 5.74) is 3.31. The van der Waals surface area contributed by atoms with Crippen LogP contribution in [0.15, 0.2) is 42.5 Å². The summed E-state index contributed by atoms with van der Waals surface area (Å²) in [5, 5.41) is 13.4. The summed E-state index contributed by atoms with van der Waals surface area (Å²) in [4.78, 5) is 4.60. The zero-order valence-corrected chi connectivity index (χ0v) is 12.9. The van der Waals surface area contributed by atoms with Crippen molar-refractivity contribution in [1.29, 1.82) is 0 Å². The number of rotatable bonds is 4. The van der Waals surface area contributed by atoms with Gasteiger partial charge in [-0.3, -0.25) is 0 Å². The summed E-state index contributed by atoms with van der Waals surface area (Å²) in [6.07, 6.45) is 1.09. The van der Waals surface area contributed by atoms with E-state index in [1.165, 1.54) is 10.3 Å². The van der Waals surface area contributed by atoms with E-state index < -0.39 is 0 Å². The van der Waals surface area contributed by atoms with E-state index in [-0.39, 0.29) is 5.75 Å². The number of hydrogen-bond acceptors (Lipinski definition) is 4. The minimum Gasteiger partial charge on any atom is -0.508 e. The van der Waals surface area contributed by atoms with Gasteiger partial charge in [0.25, 0.3) is 0 Å². The number of aromatic nitrogens is 1. The number of phenolic OH excluding ortho intramolecular Hbond substituents is 1. The molecule has 0 bridgehead atoms. The molecule has 3 aromatic rings. The Morgan fingerprint density at radius 2 is 1.90 bits per heavy atom. The molecule has 0 spiro atoms. The van der Waals surface area contributed by atoms with Crippen LogP contribution < -0.4 is 5.32 Å². The van der Waals surface area contributed by atoms with Crippen molar-refractivity contribution in [2.75, 3.05) is 5.32 Å². The molecule has 1 heterocycles. The third-order valence-electron chi connectivity index (χ3n) is 3.22. The molecule has 108 valence electrons. The van der Waals surface area contributed by atoms with Crippen LogP contribution in [0.4, 0.5) is 10.8 Å². The average Bonchev–Trinajstić information content (AvgIpc) is 2.82. The van der Waals surface area contributed by atoms with Gasteiger partial charge < -0.3 is 10.4 Å². The lowest BCUT2D eigenvalue weighted by Gasteiger charge is -2.03. The molecule has 0 unspecified atom stereocenters. The van der Waals surface area contributed by atoms with Gasteiger partial charge in [0.1, 0.15) is 5.75 Å². The molecule has 0 atom stereocenters. The van der Waals surface area contributed by atoms with Crippen LogP contribution in [0.3, 0.4) is 0 Å². The Morgan fingerprint density at radius 1 is 1.14 bits per heavy atom. The summed E-state index contributed by atoms with van der Waals surface area (Å²) in [6.45, 7) is 4.46. The lowest BCUT2D eigenvalue weighted by molar-refractivity contribution is 0.475. The van der Waals surface area contributed by atoms with E-state index in [9.17, 15) is 5.11 Å². The van der Waals surface area contributed by atoms with Crippen LogP contribution in [0.5, 0.6) is 5.75 Å². The number of nitrogens with one attached hydrogen (secondary N) is 1. The highest BCUT2D eigenvalue weighted by Gasteiger charge is 2.06. The summed E-state index contributed by atoms with van der Waals surface area (Å²) < 4.78 is 1.20. The number of aromatic hydroxyl groups is 1. The van der Waals surface area contributed by atoms with Crippen molar-refractivity contribution in [1.82, 2.24) is 4.98 Å². The Labute approximate surface area is 128 Å². The highest BCUT2D eigenvalue weighted by Crippen LogP contribution is 2.30. The third-order valence-corrected chi connectivity index (χ3v) is 4.15. The van der Waals surface area contributed by atoms with Crippen molar-refractivity contribution >= 4 is 32.4 Å². The molecular formula is C17H18N2OS. The lowest BCUT2D eigenvalue weighted by Crippen LogP contribution is -1.92. The first kappa shape index (κ1) is 13.9. The molecule has 0 saturated heterocycles. The summed E-state index contributed by atoms with van der Waals surface area (Å²) >= 11 is 1.65. The van der Waals surface area contributed by atoms with Crippen LogP contribution in [0.2, 0.25) is 0 Å². The van der Waals surface area contributed by atoms with Crippen LogP contribution in [-0.2, 0) is 6.42 Å². The zero-order chi connectivity index (χ0) is 14.8. The summed E-state index contributed by atoms with van der Waals surface area (Å²) in [5.74, 6) is 0.924. The van der Waals surface area contributed by atoms with Crippen molar-refractivity contribution in [2.24, 2.45) is 5.92 Å². The molecule has 2 N–H and O–H groups in total. The normalized spacial score (nSPS) is 11.2. The molecule has 3 rings (SSSR count). The number of anilines is 2. The lowest BCUT2D eigenvalue weighted by atomic mass is 10.0. The monoisotopic (exact) mass is 298 g/mol. The second-order valence-corrected chi connectivity index (χ2v) is 6.62. The zero-order valence-electron chi connectivity index (χ0n) is 12.1. The molecular weight excluding hydrogens is 280 g/mol. The maximum Gasteiger partial charge on any atom is 0.188 e. The minimum atomic E-state index is 0.267. The molecule has 3 nitrogen and oxygen atoms in total. The van der Waals surface area contributed by atoms with Gasteiger partial charge in [0.2, 0.25) is 0 Å². The SMILES string of the molecule is CC(C)Cc1ccc2nc(Nc3ccc(O)cc3)sc2c1. The van der Waals surface area contributed by atoms with E-state index >= 15 is 0 Å². The Balaban J connectivity index is 1.85. The van der Waals surface area contributed by atoms with Crippen molar-refractivity contribution in [3.8, 4) is 5.75 Å². The number of benzene rings is 2. The Hall–Kier alpha value is -2.07. The number of phenols is 1. The van der Waals surface area contributed by atoms with Gasteiger partial charge in [-0.05, 0) is 54.3 Å². The smallest absolute Gasteiger partial charge is 0.188 e. The fourth-order valence-electron chi connectivity index (χ4n) is 2.29. The fraction of sp³-hybridized carbons (Fsp3) is 0.235. The molecule has 0 aliphatic carbocycles. The molecule has 21 heavy (non-hydrogen) atoms. The maximum atomic E-state index is 9.30. The summed E-state index contributed by atoms with van der Waals surface area (Å²) in [7, 11) is 0. The van der Waals surface area contributed by atoms with Gasteiger partial charge in [-0.1, -0.05) is 31.3 Å². The second kappa shape index (κ2) is 5.74. The van der Waals surface area contributed by atoms with Crippen molar-refractivity contribution in [3.63, 3.8) is 0 Å². The molecule has 0 aliphatic rings. The molecule has 0 fully saturated rings. The molecule has 0 radical (unpaired) electrons. The van der Waals surface area contributed by atoms with Crippen LogP contribution in [-0.4, -0.2) is 10.1 Å². The Morgan fingerprint density at radius 3 is 2.62 bits per heavy atom. The van der Waals surface area contributed by atoms with E-state index in [4.69, 9.17) is 0 Å². The standard InChI is InChI=1S/C17H18N2OS/c1-11(2)9-12-3-8-15-16(10-12)21-17(19-15)18-13-4-6-14(20)7-5-13/h3-8,10-11,20H,9H2,1-2H3,(H,18,19). The van der Waals surface area contributed by atoms with E-state index in [0.717, 1.165) is 22.8 Å². The van der Waals surface area contributed by atoms with Gasteiger partial charge in [0.05, 0.1) is 10.2 Å². The van der Waals surface area contributed by atoms with Gasteiger partial charge >= 0.3 is 0 Å². The predicted molar refractivity (Wildman–Crippen MR) is 89.6 cm³/mol. The maximum absolute atomic E-state index is 9.30. The highest BCUT2D eigenvalue weighted by molar-refractivity contribution is 7.22. The van der Waals surface area contributed by atoms with E-state index in [1.807, 2.05) is 12.1 Å². The third kappa shape index (κ3) is 3.34. The first-order valence-electron chi connectivity index (χ1n) is 7.05. The second-order valence-electron chi connectivity index (χ2n) is 5.59. The van der Waals surface area contributed by atoms with Gasteiger partial charge in [-0.15, -0.1) is 0 Å². The Bertz CT molecular complexity index is 747. The molecule has 0 aliphatic heterocycles. The molecule has 0 saturated carbocycles. The van der Waals surface area contributed by atoms with Crippen molar-refractivity contribution in [3.05, 3.63) is 48.0 Å². The van der Waals surface area contributed by atoms with Crippen LogP contribution in [0.25, 0.3) is 10.2 Å². The van der Waals surface area contributed by atoms with Gasteiger partial charge in [-0.2, -0.15) is 0 Å². The van der Waals surface area contributed by atoms with Crippen LogP contribution in [0.1, 0.15) is 19.4 Å². The number of thiazole rings is 1. The van der Waals surface area contributed by atoms with E-state index in [0.29, 0.717) is 5.92 Å². The van der Waals surface area contributed by atoms with Crippen LogP contribution >= 0.6 is 11.3 Å². The van der Waals surface area contributed by atoms with Crippen LogP contribution in [0, 0.1) is 5.92 Å². The summed E-state index contributed by atoms with van der Waals surface area (Å²) in [6, 6.07) is 13.5. The van der Waals surface area contributed by atoms with Crippen molar-refractivity contribution < 1.29 is 5.11 Å². The fourth-order valence-corrected chi connectivity index (χ4v) is 3.24. The number of fused-ring (bicyclic) bond motifs is 1. The van der Waals surface area contributed by atoms with Gasteiger partial charge in [-0.25, -0.2) is 4.98 Å².